The monoisotopic (exact) mass is 247 g/mol. The van der Waals surface area contributed by atoms with Gasteiger partial charge in [0.1, 0.15) is 5.82 Å². The van der Waals surface area contributed by atoms with Crippen LogP contribution in [0, 0.1) is 5.92 Å². The highest BCUT2D eigenvalue weighted by atomic mass is 14.9. The van der Waals surface area contributed by atoms with E-state index in [0.29, 0.717) is 12.0 Å². The first kappa shape index (κ1) is 13.5. The summed E-state index contributed by atoms with van der Waals surface area (Å²) in [4.78, 5) is 9.11. The van der Waals surface area contributed by atoms with Crippen LogP contribution >= 0.6 is 0 Å². The molecule has 0 unspecified atom stereocenters. The third-order valence-electron chi connectivity index (χ3n) is 3.82. The van der Waals surface area contributed by atoms with Crippen LogP contribution in [0.1, 0.15) is 63.8 Å². The van der Waals surface area contributed by atoms with Gasteiger partial charge in [-0.1, -0.05) is 33.6 Å². The van der Waals surface area contributed by atoms with E-state index in [1.807, 2.05) is 12.4 Å². The molecule has 1 N–H and O–H groups in total. The maximum Gasteiger partial charge on any atom is 0.131 e. The van der Waals surface area contributed by atoms with E-state index in [-0.39, 0.29) is 0 Å². The summed E-state index contributed by atoms with van der Waals surface area (Å²) < 4.78 is 0. The van der Waals surface area contributed by atoms with E-state index < -0.39 is 0 Å². The normalized spacial score (nSPS) is 24.4. The average molecular weight is 247 g/mol. The number of nitrogens with zero attached hydrogens (tertiary/aromatic N) is 2. The van der Waals surface area contributed by atoms with Crippen LogP contribution in [0.25, 0.3) is 0 Å². The van der Waals surface area contributed by atoms with Crippen LogP contribution in [0.5, 0.6) is 0 Å². The van der Waals surface area contributed by atoms with Crippen LogP contribution < -0.4 is 5.32 Å². The molecule has 3 nitrogen and oxygen atoms in total. The van der Waals surface area contributed by atoms with E-state index in [1.54, 1.807) is 0 Å². The van der Waals surface area contributed by atoms with E-state index in [0.717, 1.165) is 18.3 Å². The van der Waals surface area contributed by atoms with Crippen LogP contribution in [0.15, 0.2) is 12.4 Å². The van der Waals surface area contributed by atoms with Gasteiger partial charge in [-0.2, -0.15) is 0 Å². The van der Waals surface area contributed by atoms with Gasteiger partial charge in [0.15, 0.2) is 0 Å². The molecule has 0 aliphatic heterocycles. The molecule has 0 saturated heterocycles. The van der Waals surface area contributed by atoms with Crippen LogP contribution in [0.4, 0.5) is 0 Å². The Kier molecular flexibility index (Phi) is 4.70. The number of rotatable bonds is 4. The van der Waals surface area contributed by atoms with E-state index >= 15 is 0 Å². The minimum atomic E-state index is 0.504. The van der Waals surface area contributed by atoms with Gasteiger partial charge < -0.3 is 5.32 Å². The summed E-state index contributed by atoms with van der Waals surface area (Å²) in [6.07, 6.45) is 9.12. The lowest BCUT2D eigenvalue weighted by Gasteiger charge is -2.24. The molecule has 1 heterocycles. The Morgan fingerprint density at radius 1 is 1.17 bits per heavy atom. The standard InChI is InChI=1S/C15H25N3/c1-11(2)16-8-13-9-17-15(18-10-13)14-6-4-12(3)5-7-14/h9-12,14,16H,4-8H2,1-3H3. The van der Waals surface area contributed by atoms with Gasteiger partial charge in [0.05, 0.1) is 0 Å². The third kappa shape index (κ3) is 3.77. The Labute approximate surface area is 110 Å². The van der Waals surface area contributed by atoms with Gasteiger partial charge in [-0.25, -0.2) is 9.97 Å². The summed E-state index contributed by atoms with van der Waals surface area (Å²) in [6.45, 7) is 7.51. The molecule has 0 bridgehead atoms. The molecule has 0 radical (unpaired) electrons. The first-order valence-corrected chi connectivity index (χ1v) is 7.19. The molecule has 0 spiro atoms. The SMILES string of the molecule is CC1CCC(c2ncc(CNC(C)C)cn2)CC1. The molecule has 1 aliphatic carbocycles. The highest BCUT2D eigenvalue weighted by Crippen LogP contribution is 2.33. The molecule has 100 valence electrons. The smallest absolute Gasteiger partial charge is 0.131 e. The van der Waals surface area contributed by atoms with Crippen molar-refractivity contribution in [3.63, 3.8) is 0 Å². The molecule has 0 aromatic carbocycles. The second-order valence-electron chi connectivity index (χ2n) is 5.94. The van der Waals surface area contributed by atoms with Crippen LogP contribution in [0.3, 0.4) is 0 Å². The van der Waals surface area contributed by atoms with Crippen molar-refractivity contribution in [1.29, 1.82) is 0 Å². The van der Waals surface area contributed by atoms with E-state index in [1.165, 1.54) is 31.2 Å². The minimum Gasteiger partial charge on any atom is -0.310 e. The van der Waals surface area contributed by atoms with Gasteiger partial charge in [-0.3, -0.25) is 0 Å². The average Bonchev–Trinajstić information content (AvgIpc) is 2.38. The van der Waals surface area contributed by atoms with Crippen LogP contribution in [-0.4, -0.2) is 16.0 Å². The van der Waals surface area contributed by atoms with E-state index in [4.69, 9.17) is 0 Å². The number of nitrogens with one attached hydrogen (secondary N) is 1. The van der Waals surface area contributed by atoms with E-state index in [2.05, 4.69) is 36.1 Å². The molecule has 1 fully saturated rings. The number of hydrogen-bond donors (Lipinski definition) is 1. The Bertz CT molecular complexity index is 351. The highest BCUT2D eigenvalue weighted by molar-refractivity contribution is 5.08. The van der Waals surface area contributed by atoms with Crippen molar-refractivity contribution in [2.24, 2.45) is 5.92 Å². The number of aromatic nitrogens is 2. The molecule has 1 aliphatic rings. The second kappa shape index (κ2) is 6.28. The minimum absolute atomic E-state index is 0.504. The van der Waals surface area contributed by atoms with Crippen LogP contribution in [0.2, 0.25) is 0 Å². The maximum atomic E-state index is 4.55. The molecule has 3 heteroatoms. The molecular formula is C15H25N3. The molecule has 1 saturated carbocycles. The highest BCUT2D eigenvalue weighted by Gasteiger charge is 2.21. The Hall–Kier alpha value is -0.960. The fourth-order valence-electron chi connectivity index (χ4n) is 2.51. The van der Waals surface area contributed by atoms with Gasteiger partial charge in [-0.15, -0.1) is 0 Å². The third-order valence-corrected chi connectivity index (χ3v) is 3.82. The fraction of sp³-hybridized carbons (Fsp3) is 0.733. The van der Waals surface area contributed by atoms with Crippen molar-refractivity contribution >= 4 is 0 Å². The summed E-state index contributed by atoms with van der Waals surface area (Å²) in [5.41, 5.74) is 1.18. The van der Waals surface area contributed by atoms with Gasteiger partial charge in [0, 0.05) is 36.5 Å². The molecule has 0 atom stereocenters. The second-order valence-corrected chi connectivity index (χ2v) is 5.94. The summed E-state index contributed by atoms with van der Waals surface area (Å²) in [5, 5.41) is 3.39. The lowest BCUT2D eigenvalue weighted by molar-refractivity contribution is 0.339. The predicted octanol–water partition coefficient (Wildman–Crippen LogP) is 3.27. The van der Waals surface area contributed by atoms with Gasteiger partial charge in [0.2, 0.25) is 0 Å². The Morgan fingerprint density at radius 3 is 2.33 bits per heavy atom. The van der Waals surface area contributed by atoms with Crippen molar-refractivity contribution < 1.29 is 0 Å². The lowest BCUT2D eigenvalue weighted by atomic mass is 9.82. The van der Waals surface area contributed by atoms with Gasteiger partial charge in [0.25, 0.3) is 0 Å². The quantitative estimate of drug-likeness (QED) is 0.887. The summed E-state index contributed by atoms with van der Waals surface area (Å²) in [6, 6.07) is 0.504. The Balaban J connectivity index is 1.91. The molecule has 0 amide bonds. The predicted molar refractivity (Wildman–Crippen MR) is 74.4 cm³/mol. The summed E-state index contributed by atoms with van der Waals surface area (Å²) in [5.74, 6) is 2.53. The maximum absolute atomic E-state index is 4.55. The zero-order valence-electron chi connectivity index (χ0n) is 11.8. The zero-order chi connectivity index (χ0) is 13.0. The van der Waals surface area contributed by atoms with Crippen molar-refractivity contribution in [2.75, 3.05) is 0 Å². The molecule has 18 heavy (non-hydrogen) atoms. The largest absolute Gasteiger partial charge is 0.310 e. The topological polar surface area (TPSA) is 37.8 Å². The van der Waals surface area contributed by atoms with Gasteiger partial charge in [-0.05, 0) is 18.8 Å². The van der Waals surface area contributed by atoms with E-state index in [9.17, 15) is 0 Å². The summed E-state index contributed by atoms with van der Waals surface area (Å²) >= 11 is 0. The molecular weight excluding hydrogens is 222 g/mol. The van der Waals surface area contributed by atoms with Crippen molar-refractivity contribution in [1.82, 2.24) is 15.3 Å². The number of hydrogen-bond acceptors (Lipinski definition) is 3. The molecule has 1 aromatic rings. The van der Waals surface area contributed by atoms with Gasteiger partial charge >= 0.3 is 0 Å². The Morgan fingerprint density at radius 2 is 1.78 bits per heavy atom. The van der Waals surface area contributed by atoms with Crippen molar-refractivity contribution in [3.05, 3.63) is 23.8 Å². The first-order valence-electron chi connectivity index (χ1n) is 7.19. The molecule has 2 rings (SSSR count). The van der Waals surface area contributed by atoms with Crippen molar-refractivity contribution in [2.45, 2.75) is 65.0 Å². The zero-order valence-corrected chi connectivity index (χ0v) is 11.8. The lowest BCUT2D eigenvalue weighted by Crippen LogP contribution is -2.22. The first-order chi connectivity index (χ1) is 8.65. The molecule has 1 aromatic heterocycles. The fourth-order valence-corrected chi connectivity index (χ4v) is 2.51. The van der Waals surface area contributed by atoms with Crippen molar-refractivity contribution in [3.8, 4) is 0 Å². The van der Waals surface area contributed by atoms with Crippen LogP contribution in [-0.2, 0) is 6.54 Å². The summed E-state index contributed by atoms with van der Waals surface area (Å²) in [7, 11) is 0.